The summed E-state index contributed by atoms with van der Waals surface area (Å²) in [6.45, 7) is 0.935. The van der Waals surface area contributed by atoms with E-state index < -0.39 is 11.7 Å². The Hall–Kier alpha value is -2.48. The third kappa shape index (κ3) is 3.23. The van der Waals surface area contributed by atoms with Crippen molar-refractivity contribution in [2.45, 2.75) is 18.4 Å². The number of H-pyrrole nitrogens is 1. The molecule has 0 radical (unpaired) electrons. The number of hydrogen-bond donors (Lipinski definition) is 1. The number of benzene rings is 1. The van der Waals surface area contributed by atoms with Crippen molar-refractivity contribution in [2.24, 2.45) is 0 Å². The van der Waals surface area contributed by atoms with E-state index in [-0.39, 0.29) is 17.6 Å². The molecular formula is C16H19FN4O3. The summed E-state index contributed by atoms with van der Waals surface area (Å²) in [6.07, 6.45) is 2.05. The molecule has 0 bridgehead atoms. The van der Waals surface area contributed by atoms with E-state index in [2.05, 4.69) is 15.2 Å². The number of carbonyl (C=O) groups is 1. The van der Waals surface area contributed by atoms with Gasteiger partial charge in [-0.25, -0.2) is 9.37 Å². The second-order valence-corrected chi connectivity index (χ2v) is 5.71. The number of ether oxygens (including phenoxy) is 2. The van der Waals surface area contributed by atoms with E-state index in [1.54, 1.807) is 13.1 Å². The normalized spacial score (nSPS) is 20.1. The lowest BCUT2D eigenvalue weighted by Crippen LogP contribution is -2.36. The number of aromatic amines is 1. The molecule has 1 aromatic carbocycles. The predicted molar refractivity (Wildman–Crippen MR) is 83.4 cm³/mol. The predicted octanol–water partition coefficient (Wildman–Crippen LogP) is 1.60. The fourth-order valence-corrected chi connectivity index (χ4v) is 2.89. The highest BCUT2D eigenvalue weighted by molar-refractivity contribution is 5.94. The molecule has 0 aliphatic carbocycles. The standard InChI is InChI=1S/C16H19FN4O3/c1-21(16(22)11-4-3-10(23-2)7-13(11)17)8-14-12(5-6-24-14)15-18-9-19-20-15/h3-4,7,9,12,14H,5-6,8H2,1-2H3,(H,18,19,20)/t12-,14-/m1/s1. The molecular weight excluding hydrogens is 315 g/mol. The van der Waals surface area contributed by atoms with Crippen LogP contribution in [-0.4, -0.2) is 59.4 Å². The zero-order chi connectivity index (χ0) is 17.1. The maximum Gasteiger partial charge on any atom is 0.256 e. The van der Waals surface area contributed by atoms with Crippen LogP contribution in [0.5, 0.6) is 5.75 Å². The molecule has 1 aromatic heterocycles. The first-order chi connectivity index (χ1) is 11.6. The summed E-state index contributed by atoms with van der Waals surface area (Å²) >= 11 is 0. The molecule has 0 saturated carbocycles. The van der Waals surface area contributed by atoms with Gasteiger partial charge in [-0.3, -0.25) is 9.89 Å². The topological polar surface area (TPSA) is 80.3 Å². The highest BCUT2D eigenvalue weighted by atomic mass is 19.1. The Balaban J connectivity index is 1.70. The summed E-state index contributed by atoms with van der Waals surface area (Å²) in [5.41, 5.74) is 0.00696. The van der Waals surface area contributed by atoms with Crippen LogP contribution >= 0.6 is 0 Å². The van der Waals surface area contributed by atoms with Crippen LogP contribution in [0, 0.1) is 5.82 Å². The van der Waals surface area contributed by atoms with E-state index in [0.29, 0.717) is 18.9 Å². The lowest BCUT2D eigenvalue weighted by molar-refractivity contribution is 0.0547. The number of halogens is 1. The van der Waals surface area contributed by atoms with Crippen LogP contribution < -0.4 is 4.74 Å². The molecule has 1 N–H and O–H groups in total. The minimum absolute atomic E-state index is 0.00696. The van der Waals surface area contributed by atoms with E-state index >= 15 is 0 Å². The average Bonchev–Trinajstić information content (AvgIpc) is 3.25. The first kappa shape index (κ1) is 16.4. The van der Waals surface area contributed by atoms with Gasteiger partial charge in [0.1, 0.15) is 23.7 Å². The summed E-state index contributed by atoms with van der Waals surface area (Å²) in [5.74, 6) is 0.154. The maximum absolute atomic E-state index is 14.1. The van der Waals surface area contributed by atoms with Crippen molar-refractivity contribution in [3.8, 4) is 5.75 Å². The molecule has 1 fully saturated rings. The van der Waals surface area contributed by atoms with Crippen molar-refractivity contribution in [3.05, 3.63) is 41.7 Å². The van der Waals surface area contributed by atoms with Crippen molar-refractivity contribution < 1.29 is 18.7 Å². The minimum atomic E-state index is -0.606. The molecule has 8 heteroatoms. The fourth-order valence-electron chi connectivity index (χ4n) is 2.89. The largest absolute Gasteiger partial charge is 0.497 e. The van der Waals surface area contributed by atoms with Crippen molar-refractivity contribution in [2.75, 3.05) is 27.3 Å². The number of nitrogens with zero attached hydrogens (tertiary/aromatic N) is 3. The van der Waals surface area contributed by atoms with E-state index in [4.69, 9.17) is 9.47 Å². The SMILES string of the molecule is COc1ccc(C(=O)N(C)C[C@H]2OCC[C@H]2c2ncn[nH]2)c(F)c1. The van der Waals surface area contributed by atoms with Gasteiger partial charge in [0, 0.05) is 32.2 Å². The van der Waals surface area contributed by atoms with Crippen molar-refractivity contribution in [3.63, 3.8) is 0 Å². The molecule has 1 amide bonds. The zero-order valence-electron chi connectivity index (χ0n) is 13.5. The molecule has 2 aromatic rings. The number of amides is 1. The number of likely N-dealkylation sites (N-methyl/N-ethyl adjacent to an activating group) is 1. The van der Waals surface area contributed by atoms with Crippen molar-refractivity contribution in [1.82, 2.24) is 20.1 Å². The van der Waals surface area contributed by atoms with E-state index in [9.17, 15) is 9.18 Å². The molecule has 0 spiro atoms. The number of rotatable bonds is 5. The molecule has 24 heavy (non-hydrogen) atoms. The van der Waals surface area contributed by atoms with Crippen LogP contribution in [0.1, 0.15) is 28.5 Å². The summed E-state index contributed by atoms with van der Waals surface area (Å²) < 4.78 is 24.7. The second-order valence-electron chi connectivity index (χ2n) is 5.71. The van der Waals surface area contributed by atoms with Gasteiger partial charge in [0.25, 0.3) is 5.91 Å². The van der Waals surface area contributed by atoms with Crippen LogP contribution in [-0.2, 0) is 4.74 Å². The summed E-state index contributed by atoms with van der Waals surface area (Å²) in [6, 6.07) is 4.19. The van der Waals surface area contributed by atoms with Gasteiger partial charge < -0.3 is 14.4 Å². The highest BCUT2D eigenvalue weighted by Gasteiger charge is 2.33. The van der Waals surface area contributed by atoms with Crippen LogP contribution in [0.15, 0.2) is 24.5 Å². The quantitative estimate of drug-likeness (QED) is 0.898. The Morgan fingerprint density at radius 2 is 2.38 bits per heavy atom. The van der Waals surface area contributed by atoms with E-state index in [0.717, 1.165) is 12.2 Å². The Morgan fingerprint density at radius 1 is 1.54 bits per heavy atom. The van der Waals surface area contributed by atoms with Crippen LogP contribution in [0.3, 0.4) is 0 Å². The summed E-state index contributed by atoms with van der Waals surface area (Å²) in [5, 5.41) is 6.70. The van der Waals surface area contributed by atoms with Crippen molar-refractivity contribution in [1.29, 1.82) is 0 Å². The van der Waals surface area contributed by atoms with Gasteiger partial charge in [-0.15, -0.1) is 0 Å². The van der Waals surface area contributed by atoms with E-state index in [1.165, 1.54) is 30.5 Å². The zero-order valence-corrected chi connectivity index (χ0v) is 13.5. The second kappa shape index (κ2) is 6.96. The highest BCUT2D eigenvalue weighted by Crippen LogP contribution is 2.29. The number of carbonyl (C=O) groups excluding carboxylic acids is 1. The van der Waals surface area contributed by atoms with Gasteiger partial charge in [0.05, 0.1) is 18.8 Å². The maximum atomic E-state index is 14.1. The molecule has 1 saturated heterocycles. The third-order valence-electron chi connectivity index (χ3n) is 4.20. The van der Waals surface area contributed by atoms with Crippen LogP contribution in [0.2, 0.25) is 0 Å². The van der Waals surface area contributed by atoms with Gasteiger partial charge in [0.2, 0.25) is 0 Å². The van der Waals surface area contributed by atoms with Crippen molar-refractivity contribution >= 4 is 5.91 Å². The average molecular weight is 334 g/mol. The van der Waals surface area contributed by atoms with Crippen LogP contribution in [0.25, 0.3) is 0 Å². The number of hydrogen-bond acceptors (Lipinski definition) is 5. The molecule has 1 aliphatic heterocycles. The lowest BCUT2D eigenvalue weighted by Gasteiger charge is -2.24. The smallest absolute Gasteiger partial charge is 0.256 e. The first-order valence-corrected chi connectivity index (χ1v) is 7.66. The Bertz CT molecular complexity index is 707. The fraction of sp³-hybridized carbons (Fsp3) is 0.438. The molecule has 7 nitrogen and oxygen atoms in total. The van der Waals surface area contributed by atoms with E-state index in [1.807, 2.05) is 0 Å². The van der Waals surface area contributed by atoms with Gasteiger partial charge in [-0.05, 0) is 18.6 Å². The summed E-state index contributed by atoms with van der Waals surface area (Å²) in [4.78, 5) is 18.1. The molecule has 3 rings (SSSR count). The number of nitrogens with one attached hydrogen (secondary N) is 1. The third-order valence-corrected chi connectivity index (χ3v) is 4.20. The van der Waals surface area contributed by atoms with Gasteiger partial charge in [0.15, 0.2) is 0 Å². The summed E-state index contributed by atoms with van der Waals surface area (Å²) in [7, 11) is 3.08. The van der Waals surface area contributed by atoms with Gasteiger partial charge in [-0.1, -0.05) is 0 Å². The van der Waals surface area contributed by atoms with Gasteiger partial charge >= 0.3 is 0 Å². The molecule has 0 unspecified atom stereocenters. The Morgan fingerprint density at radius 3 is 3.04 bits per heavy atom. The number of aromatic nitrogens is 3. The number of methoxy groups -OCH3 is 1. The van der Waals surface area contributed by atoms with Gasteiger partial charge in [-0.2, -0.15) is 5.10 Å². The lowest BCUT2D eigenvalue weighted by atomic mass is 10.00. The first-order valence-electron chi connectivity index (χ1n) is 7.66. The Labute approximate surface area is 138 Å². The molecule has 2 atom stereocenters. The Kier molecular flexibility index (Phi) is 4.75. The monoisotopic (exact) mass is 334 g/mol. The minimum Gasteiger partial charge on any atom is -0.497 e. The molecule has 1 aliphatic rings. The molecule has 2 heterocycles. The van der Waals surface area contributed by atoms with Crippen LogP contribution in [0.4, 0.5) is 4.39 Å². The molecule has 128 valence electrons.